The zero-order valence-corrected chi connectivity index (χ0v) is 17.7. The van der Waals surface area contributed by atoms with Crippen LogP contribution < -0.4 is 9.64 Å². The Morgan fingerprint density at radius 2 is 2.00 bits per heavy atom. The van der Waals surface area contributed by atoms with E-state index in [1.807, 2.05) is 11.8 Å². The van der Waals surface area contributed by atoms with Crippen LogP contribution >= 0.6 is 0 Å². The minimum Gasteiger partial charge on any atom is -0.488 e. The molecule has 166 valence electrons. The van der Waals surface area contributed by atoms with Crippen molar-refractivity contribution in [3.63, 3.8) is 0 Å². The lowest BCUT2D eigenvalue weighted by molar-refractivity contribution is 0.0663. The molecule has 0 radical (unpaired) electrons. The fraction of sp³-hybridized carbons (Fsp3) is 0.391. The first-order chi connectivity index (χ1) is 15.6. The molecule has 0 N–H and O–H groups in total. The predicted molar refractivity (Wildman–Crippen MR) is 113 cm³/mol. The van der Waals surface area contributed by atoms with Crippen molar-refractivity contribution in [1.82, 2.24) is 19.9 Å². The van der Waals surface area contributed by atoms with Gasteiger partial charge in [-0.15, -0.1) is 0 Å². The molecule has 0 spiro atoms. The summed E-state index contributed by atoms with van der Waals surface area (Å²) in [5.74, 6) is -1.02. The molecule has 0 saturated carbocycles. The summed E-state index contributed by atoms with van der Waals surface area (Å²) in [6.07, 6.45) is 5.70. The molecule has 32 heavy (non-hydrogen) atoms. The molecule has 1 aromatic carbocycles. The Hall–Kier alpha value is -3.20. The molecule has 2 aliphatic heterocycles. The lowest BCUT2D eigenvalue weighted by Gasteiger charge is -2.31. The van der Waals surface area contributed by atoms with E-state index in [1.165, 1.54) is 6.07 Å². The largest absolute Gasteiger partial charge is 0.488 e. The van der Waals surface area contributed by atoms with Crippen LogP contribution in [0.5, 0.6) is 5.75 Å². The fourth-order valence-corrected chi connectivity index (χ4v) is 4.11. The number of rotatable bonds is 5. The Morgan fingerprint density at radius 1 is 1.16 bits per heavy atom. The van der Waals surface area contributed by atoms with Crippen molar-refractivity contribution in [1.29, 1.82) is 0 Å². The first kappa shape index (κ1) is 20.7. The average molecular weight is 439 g/mol. The van der Waals surface area contributed by atoms with Gasteiger partial charge in [0.25, 0.3) is 0 Å². The minimum absolute atomic E-state index is 0.0782. The fourth-order valence-electron chi connectivity index (χ4n) is 4.11. The number of aromatic nitrogens is 4. The van der Waals surface area contributed by atoms with Gasteiger partial charge in [-0.1, -0.05) is 0 Å². The van der Waals surface area contributed by atoms with Crippen LogP contribution in [0.25, 0.3) is 11.6 Å². The van der Waals surface area contributed by atoms with Crippen molar-refractivity contribution >= 4 is 5.69 Å². The first-order valence-electron chi connectivity index (χ1n) is 10.7. The van der Waals surface area contributed by atoms with Gasteiger partial charge in [0, 0.05) is 67.6 Å². The highest BCUT2D eigenvalue weighted by Crippen LogP contribution is 2.32. The molecule has 0 aliphatic carbocycles. The zero-order chi connectivity index (χ0) is 22.1. The van der Waals surface area contributed by atoms with Crippen LogP contribution in [0.4, 0.5) is 14.5 Å². The van der Waals surface area contributed by atoms with Crippen LogP contribution in [0.2, 0.25) is 0 Å². The second-order valence-corrected chi connectivity index (χ2v) is 7.99. The predicted octanol–water partition coefficient (Wildman–Crippen LogP) is 3.64. The normalized spacial score (nSPS) is 18.0. The summed E-state index contributed by atoms with van der Waals surface area (Å²) in [5, 5.41) is 0. The van der Waals surface area contributed by atoms with Gasteiger partial charge in [0.05, 0.1) is 11.8 Å². The summed E-state index contributed by atoms with van der Waals surface area (Å²) in [6, 6.07) is 4.51. The summed E-state index contributed by atoms with van der Waals surface area (Å²) < 4.78 is 39.8. The molecular formula is C23H23F2N5O2. The molecule has 2 aromatic heterocycles. The molecule has 4 heterocycles. The highest BCUT2D eigenvalue weighted by Gasteiger charge is 2.25. The van der Waals surface area contributed by atoms with E-state index in [0.717, 1.165) is 29.8 Å². The Kier molecular flexibility index (Phi) is 5.65. The van der Waals surface area contributed by atoms with Crippen molar-refractivity contribution in [3.05, 3.63) is 59.2 Å². The number of nitrogens with zero attached hydrogens (tertiary/aromatic N) is 5. The van der Waals surface area contributed by atoms with Crippen LogP contribution in [-0.4, -0.2) is 45.8 Å². The van der Waals surface area contributed by atoms with Crippen LogP contribution in [0.3, 0.4) is 0 Å². The summed E-state index contributed by atoms with van der Waals surface area (Å²) in [7, 11) is 0. The van der Waals surface area contributed by atoms with E-state index in [-0.39, 0.29) is 18.5 Å². The van der Waals surface area contributed by atoms with Gasteiger partial charge < -0.3 is 14.4 Å². The summed E-state index contributed by atoms with van der Waals surface area (Å²) >= 11 is 0. The minimum atomic E-state index is -0.976. The molecule has 2 aliphatic rings. The Balaban J connectivity index is 1.38. The monoisotopic (exact) mass is 439 g/mol. The molecule has 1 fully saturated rings. The maximum absolute atomic E-state index is 14.4. The van der Waals surface area contributed by atoms with Crippen LogP contribution in [0.15, 0.2) is 30.6 Å². The van der Waals surface area contributed by atoms with Crippen molar-refractivity contribution in [3.8, 4) is 17.4 Å². The topological polar surface area (TPSA) is 73.3 Å². The van der Waals surface area contributed by atoms with E-state index in [0.29, 0.717) is 43.5 Å². The Morgan fingerprint density at radius 3 is 2.78 bits per heavy atom. The maximum Gasteiger partial charge on any atom is 0.200 e. The van der Waals surface area contributed by atoms with Crippen molar-refractivity contribution in [2.24, 2.45) is 0 Å². The standard InChI is InChI=1S/C23H23F2N5O2/c1-14-17-12-30(8-5-19(17)29-23(28-14)22-26-6-3-7-27-22)15-10-18(24)21(25)20(11-15)32-13-16-4-2-9-31-16/h3,6-7,10-11,16H,2,4-5,8-9,12-13H2,1H3. The van der Waals surface area contributed by atoms with Gasteiger partial charge in [0.2, 0.25) is 5.82 Å². The number of fused-ring (bicyclic) bond motifs is 1. The molecular weight excluding hydrogens is 416 g/mol. The van der Waals surface area contributed by atoms with Crippen molar-refractivity contribution in [2.45, 2.75) is 38.8 Å². The molecule has 1 atom stereocenters. The molecule has 3 aromatic rings. The van der Waals surface area contributed by atoms with E-state index in [2.05, 4.69) is 19.9 Å². The van der Waals surface area contributed by atoms with Gasteiger partial charge in [-0.25, -0.2) is 24.3 Å². The molecule has 5 rings (SSSR count). The maximum atomic E-state index is 14.4. The Labute approximate surface area is 184 Å². The highest BCUT2D eigenvalue weighted by atomic mass is 19.2. The molecule has 0 bridgehead atoms. The lowest BCUT2D eigenvalue weighted by atomic mass is 10.0. The lowest BCUT2D eigenvalue weighted by Crippen LogP contribution is -2.32. The molecule has 9 heteroatoms. The van der Waals surface area contributed by atoms with Crippen molar-refractivity contribution in [2.75, 3.05) is 24.7 Å². The third kappa shape index (κ3) is 4.12. The second-order valence-electron chi connectivity index (χ2n) is 7.99. The van der Waals surface area contributed by atoms with Gasteiger partial charge >= 0.3 is 0 Å². The first-order valence-corrected chi connectivity index (χ1v) is 10.7. The van der Waals surface area contributed by atoms with Gasteiger partial charge in [0.1, 0.15) is 6.61 Å². The Bertz CT molecular complexity index is 1120. The van der Waals surface area contributed by atoms with Crippen LogP contribution in [0, 0.1) is 18.6 Å². The SMILES string of the molecule is Cc1nc(-c2ncccn2)nc2c1CN(c1cc(F)c(F)c(OCC3CCCO3)c1)CC2. The summed E-state index contributed by atoms with van der Waals surface area (Å²) in [6.45, 7) is 3.90. The van der Waals surface area contributed by atoms with E-state index in [9.17, 15) is 8.78 Å². The van der Waals surface area contributed by atoms with E-state index in [1.54, 1.807) is 24.5 Å². The summed E-state index contributed by atoms with van der Waals surface area (Å²) in [5.41, 5.74) is 3.28. The number of hydrogen-bond acceptors (Lipinski definition) is 7. The van der Waals surface area contributed by atoms with Gasteiger partial charge in [-0.2, -0.15) is 4.39 Å². The van der Waals surface area contributed by atoms with Crippen molar-refractivity contribution < 1.29 is 18.3 Å². The molecule has 0 amide bonds. The smallest absolute Gasteiger partial charge is 0.200 e. The van der Waals surface area contributed by atoms with E-state index in [4.69, 9.17) is 9.47 Å². The van der Waals surface area contributed by atoms with Crippen LogP contribution in [0.1, 0.15) is 29.8 Å². The quantitative estimate of drug-likeness (QED) is 0.601. The number of hydrogen-bond donors (Lipinski definition) is 0. The van der Waals surface area contributed by atoms with E-state index >= 15 is 0 Å². The van der Waals surface area contributed by atoms with E-state index < -0.39 is 11.6 Å². The number of anilines is 1. The van der Waals surface area contributed by atoms with Gasteiger partial charge in [-0.05, 0) is 25.8 Å². The third-order valence-corrected chi connectivity index (χ3v) is 5.83. The number of benzene rings is 1. The zero-order valence-electron chi connectivity index (χ0n) is 17.7. The second kappa shape index (κ2) is 8.74. The number of ether oxygens (including phenoxy) is 2. The third-order valence-electron chi connectivity index (χ3n) is 5.83. The van der Waals surface area contributed by atoms with Crippen LogP contribution in [-0.2, 0) is 17.7 Å². The molecule has 1 saturated heterocycles. The molecule has 1 unspecified atom stereocenters. The number of halogens is 2. The highest BCUT2D eigenvalue weighted by molar-refractivity contribution is 5.55. The van der Waals surface area contributed by atoms with Gasteiger partial charge in [-0.3, -0.25) is 0 Å². The van der Waals surface area contributed by atoms with Gasteiger partial charge in [0.15, 0.2) is 23.2 Å². The number of aryl methyl sites for hydroxylation is 1. The average Bonchev–Trinajstić information content (AvgIpc) is 3.34. The molecule has 7 nitrogen and oxygen atoms in total. The summed E-state index contributed by atoms with van der Waals surface area (Å²) in [4.78, 5) is 19.7.